The minimum absolute atomic E-state index is 0. The maximum absolute atomic E-state index is 13.9. The van der Waals surface area contributed by atoms with Crippen LogP contribution in [0.1, 0.15) is 25.7 Å². The van der Waals surface area contributed by atoms with Crippen molar-refractivity contribution >= 4 is 38.4 Å². The van der Waals surface area contributed by atoms with Gasteiger partial charge in [-0.2, -0.15) is 4.31 Å². The average molecular weight is 428 g/mol. The molecule has 3 rings (SSSR count). The first kappa shape index (κ1) is 19.1. The summed E-state index contributed by atoms with van der Waals surface area (Å²) in [6, 6.07) is 4.39. The predicted molar refractivity (Wildman–Crippen MR) is 93.9 cm³/mol. The minimum atomic E-state index is -3.76. The molecule has 1 aliphatic heterocycles. The van der Waals surface area contributed by atoms with Gasteiger partial charge in [-0.1, -0.05) is 15.9 Å². The number of nitrogens with one attached hydrogen (secondary N) is 1. The second kappa shape index (κ2) is 7.78. The molecule has 0 spiro atoms. The summed E-state index contributed by atoms with van der Waals surface area (Å²) in [5, 5.41) is 3.51. The van der Waals surface area contributed by atoms with E-state index in [0.29, 0.717) is 23.6 Å². The van der Waals surface area contributed by atoms with Gasteiger partial charge in [0.2, 0.25) is 10.0 Å². The normalized spacial score (nSPS) is 20.3. The van der Waals surface area contributed by atoms with Crippen molar-refractivity contribution in [2.45, 2.75) is 36.6 Å². The molecule has 23 heavy (non-hydrogen) atoms. The second-order valence-electron chi connectivity index (χ2n) is 6.10. The molecule has 0 unspecified atom stereocenters. The van der Waals surface area contributed by atoms with Gasteiger partial charge in [-0.25, -0.2) is 12.8 Å². The van der Waals surface area contributed by atoms with Crippen LogP contribution in [-0.2, 0) is 10.0 Å². The molecular weight excluding hydrogens is 407 g/mol. The van der Waals surface area contributed by atoms with Gasteiger partial charge in [0.1, 0.15) is 10.7 Å². The van der Waals surface area contributed by atoms with E-state index in [-0.39, 0.29) is 17.3 Å². The fourth-order valence-electron chi connectivity index (χ4n) is 2.77. The van der Waals surface area contributed by atoms with E-state index in [0.717, 1.165) is 25.3 Å². The van der Waals surface area contributed by atoms with E-state index in [9.17, 15) is 12.8 Å². The van der Waals surface area contributed by atoms with Crippen molar-refractivity contribution in [3.05, 3.63) is 28.5 Å². The van der Waals surface area contributed by atoms with Crippen LogP contribution in [0.15, 0.2) is 27.6 Å². The van der Waals surface area contributed by atoms with Crippen LogP contribution >= 0.6 is 28.3 Å². The number of halogens is 3. The van der Waals surface area contributed by atoms with Crippen molar-refractivity contribution in [3.8, 4) is 0 Å². The Labute approximate surface area is 151 Å². The Bertz CT molecular complexity index is 647. The lowest BCUT2D eigenvalue weighted by Gasteiger charge is -2.31. The van der Waals surface area contributed by atoms with Crippen LogP contribution < -0.4 is 5.32 Å². The molecule has 0 bridgehead atoms. The minimum Gasteiger partial charge on any atom is -0.314 e. The van der Waals surface area contributed by atoms with Gasteiger partial charge in [-0.05, 0) is 56.3 Å². The number of benzene rings is 1. The first-order valence-corrected chi connectivity index (χ1v) is 9.89. The molecule has 1 heterocycles. The van der Waals surface area contributed by atoms with Crippen molar-refractivity contribution < 1.29 is 12.8 Å². The lowest BCUT2D eigenvalue weighted by Crippen LogP contribution is -2.45. The summed E-state index contributed by atoms with van der Waals surface area (Å²) < 4.78 is 41.0. The molecule has 0 atom stereocenters. The summed E-state index contributed by atoms with van der Waals surface area (Å²) in [7, 11) is -3.76. The molecule has 1 N–H and O–H groups in total. The SMILES string of the molecule is Cl.O=S(=O)(c1cc(Br)ccc1F)N1CCC(NCC2CC2)CC1. The van der Waals surface area contributed by atoms with E-state index in [1.165, 1.54) is 35.3 Å². The largest absolute Gasteiger partial charge is 0.314 e. The fraction of sp³-hybridized carbons (Fsp3) is 0.600. The van der Waals surface area contributed by atoms with Crippen LogP contribution in [0, 0.1) is 11.7 Å². The smallest absolute Gasteiger partial charge is 0.246 e. The lowest BCUT2D eigenvalue weighted by atomic mass is 10.1. The summed E-state index contributed by atoms with van der Waals surface area (Å²) in [5.74, 6) is 0.120. The van der Waals surface area contributed by atoms with E-state index >= 15 is 0 Å². The zero-order chi connectivity index (χ0) is 15.7. The highest BCUT2D eigenvalue weighted by molar-refractivity contribution is 9.10. The molecule has 8 heteroatoms. The van der Waals surface area contributed by atoms with Crippen LogP contribution in [0.4, 0.5) is 4.39 Å². The fourth-order valence-corrected chi connectivity index (χ4v) is 4.84. The van der Waals surface area contributed by atoms with Gasteiger partial charge in [0.15, 0.2) is 0 Å². The number of hydrogen-bond acceptors (Lipinski definition) is 3. The van der Waals surface area contributed by atoms with Gasteiger partial charge < -0.3 is 5.32 Å². The predicted octanol–water partition coefficient (Wildman–Crippen LogP) is 3.16. The maximum atomic E-state index is 13.9. The van der Waals surface area contributed by atoms with Gasteiger partial charge in [0.05, 0.1) is 0 Å². The van der Waals surface area contributed by atoms with Gasteiger partial charge >= 0.3 is 0 Å². The molecule has 1 saturated carbocycles. The Hall–Kier alpha value is -0.210. The number of hydrogen-bond donors (Lipinski definition) is 1. The van der Waals surface area contributed by atoms with E-state index in [4.69, 9.17) is 0 Å². The van der Waals surface area contributed by atoms with Crippen LogP contribution in [-0.4, -0.2) is 38.4 Å². The summed E-state index contributed by atoms with van der Waals surface area (Å²) >= 11 is 3.20. The Balaban J connectivity index is 0.00000192. The Morgan fingerprint density at radius 3 is 2.48 bits per heavy atom. The molecule has 0 radical (unpaired) electrons. The number of sulfonamides is 1. The summed E-state index contributed by atoms with van der Waals surface area (Å²) in [6.45, 7) is 1.92. The van der Waals surface area contributed by atoms with Crippen molar-refractivity contribution in [1.29, 1.82) is 0 Å². The van der Waals surface area contributed by atoms with E-state index in [1.807, 2.05) is 0 Å². The monoisotopic (exact) mass is 426 g/mol. The highest BCUT2D eigenvalue weighted by Crippen LogP contribution is 2.29. The van der Waals surface area contributed by atoms with Crippen molar-refractivity contribution in [1.82, 2.24) is 9.62 Å². The average Bonchev–Trinajstić information content (AvgIpc) is 3.32. The zero-order valence-electron chi connectivity index (χ0n) is 12.7. The molecule has 130 valence electrons. The van der Waals surface area contributed by atoms with Gasteiger partial charge in [-0.3, -0.25) is 0 Å². The highest BCUT2D eigenvalue weighted by atomic mass is 79.9. The van der Waals surface area contributed by atoms with Gasteiger partial charge in [0.25, 0.3) is 0 Å². The third-order valence-electron chi connectivity index (χ3n) is 4.36. The quantitative estimate of drug-likeness (QED) is 0.785. The highest BCUT2D eigenvalue weighted by Gasteiger charge is 2.32. The molecule has 1 aromatic rings. The van der Waals surface area contributed by atoms with Crippen molar-refractivity contribution in [2.24, 2.45) is 5.92 Å². The standard InChI is InChI=1S/C15H20BrFN2O2S.ClH/c16-12-3-4-14(17)15(9-12)22(20,21)19-7-5-13(6-8-19)18-10-11-1-2-11;/h3-4,9,11,13,18H,1-2,5-8,10H2;1H. The van der Waals surface area contributed by atoms with Gasteiger partial charge in [-0.15, -0.1) is 12.4 Å². The Morgan fingerprint density at radius 1 is 1.22 bits per heavy atom. The molecule has 4 nitrogen and oxygen atoms in total. The summed E-state index contributed by atoms with van der Waals surface area (Å²) in [5.41, 5.74) is 0. The Kier molecular flexibility index (Phi) is 6.47. The third kappa shape index (κ3) is 4.66. The van der Waals surface area contributed by atoms with Crippen LogP contribution in [0.2, 0.25) is 0 Å². The molecular formula is C15H21BrClFN2O2S. The topological polar surface area (TPSA) is 49.4 Å². The first-order valence-electron chi connectivity index (χ1n) is 7.65. The molecule has 1 aromatic carbocycles. The van der Waals surface area contributed by atoms with E-state index < -0.39 is 15.8 Å². The summed E-state index contributed by atoms with van der Waals surface area (Å²) in [4.78, 5) is -0.244. The molecule has 0 aromatic heterocycles. The first-order chi connectivity index (χ1) is 10.5. The number of nitrogens with zero attached hydrogens (tertiary/aromatic N) is 1. The number of rotatable bonds is 5. The number of piperidine rings is 1. The maximum Gasteiger partial charge on any atom is 0.246 e. The van der Waals surface area contributed by atoms with Crippen LogP contribution in [0.25, 0.3) is 0 Å². The molecule has 2 fully saturated rings. The zero-order valence-corrected chi connectivity index (χ0v) is 15.9. The van der Waals surface area contributed by atoms with Gasteiger partial charge in [0, 0.05) is 23.6 Å². The molecule has 0 amide bonds. The van der Waals surface area contributed by atoms with E-state index in [1.54, 1.807) is 0 Å². The Morgan fingerprint density at radius 2 is 1.87 bits per heavy atom. The van der Waals surface area contributed by atoms with Crippen LogP contribution in [0.3, 0.4) is 0 Å². The van der Waals surface area contributed by atoms with Crippen molar-refractivity contribution in [2.75, 3.05) is 19.6 Å². The third-order valence-corrected chi connectivity index (χ3v) is 6.76. The van der Waals surface area contributed by atoms with Crippen molar-refractivity contribution in [3.63, 3.8) is 0 Å². The van der Waals surface area contributed by atoms with E-state index in [2.05, 4.69) is 21.2 Å². The lowest BCUT2D eigenvalue weighted by molar-refractivity contribution is 0.287. The summed E-state index contributed by atoms with van der Waals surface area (Å²) in [6.07, 6.45) is 4.17. The molecule has 1 aliphatic carbocycles. The van der Waals surface area contributed by atoms with Crippen LogP contribution in [0.5, 0.6) is 0 Å². The second-order valence-corrected chi connectivity index (χ2v) is 8.93. The molecule has 2 aliphatic rings. The molecule has 1 saturated heterocycles.